The number of thiazole rings is 1. The third kappa shape index (κ3) is 4.72. The highest BCUT2D eigenvalue weighted by atomic mass is 127. The zero-order valence-electron chi connectivity index (χ0n) is 10.7. The Balaban J connectivity index is 0.00000162. The summed E-state index contributed by atoms with van der Waals surface area (Å²) in [5.41, 5.74) is 6.87. The molecule has 1 fully saturated rings. The van der Waals surface area contributed by atoms with Crippen LogP contribution in [0.1, 0.15) is 43.3 Å². The summed E-state index contributed by atoms with van der Waals surface area (Å²) in [5, 5.41) is 6.50. The fraction of sp³-hybridized carbons (Fsp3) is 0.667. The Hall–Kier alpha value is -0.370. The average molecular weight is 380 g/mol. The first kappa shape index (κ1) is 15.7. The topological polar surface area (TPSA) is 63.3 Å². The molecule has 0 unspecified atom stereocenters. The molecule has 0 saturated heterocycles. The van der Waals surface area contributed by atoms with E-state index in [9.17, 15) is 0 Å². The van der Waals surface area contributed by atoms with Crippen molar-refractivity contribution in [1.29, 1.82) is 0 Å². The molecule has 0 radical (unpaired) electrons. The van der Waals surface area contributed by atoms with E-state index in [0.29, 0.717) is 18.5 Å². The van der Waals surface area contributed by atoms with E-state index in [-0.39, 0.29) is 24.0 Å². The van der Waals surface area contributed by atoms with Gasteiger partial charge in [-0.2, -0.15) is 0 Å². The molecule has 3 N–H and O–H groups in total. The van der Waals surface area contributed by atoms with Crippen LogP contribution in [-0.4, -0.2) is 17.0 Å². The highest BCUT2D eigenvalue weighted by molar-refractivity contribution is 14.0. The lowest BCUT2D eigenvalue weighted by Crippen LogP contribution is -2.38. The van der Waals surface area contributed by atoms with Crippen LogP contribution in [0.15, 0.2) is 10.4 Å². The van der Waals surface area contributed by atoms with Crippen molar-refractivity contribution in [3.63, 3.8) is 0 Å². The molecule has 1 saturated carbocycles. The lowest BCUT2D eigenvalue weighted by molar-refractivity contribution is 0.625. The third-order valence-electron chi connectivity index (χ3n) is 3.02. The number of halogens is 1. The monoisotopic (exact) mass is 380 g/mol. The van der Waals surface area contributed by atoms with Gasteiger partial charge < -0.3 is 11.1 Å². The van der Waals surface area contributed by atoms with Gasteiger partial charge in [0.1, 0.15) is 0 Å². The van der Waals surface area contributed by atoms with Gasteiger partial charge in [-0.05, 0) is 19.3 Å². The Morgan fingerprint density at radius 2 is 2.28 bits per heavy atom. The molecular weight excluding hydrogens is 359 g/mol. The van der Waals surface area contributed by atoms with Crippen molar-refractivity contribution in [3.05, 3.63) is 16.1 Å². The van der Waals surface area contributed by atoms with Crippen LogP contribution in [0, 0.1) is 0 Å². The number of nitrogens with two attached hydrogens (primary N) is 1. The average Bonchev–Trinajstić information content (AvgIpc) is 2.96. The fourth-order valence-electron chi connectivity index (χ4n) is 2.08. The van der Waals surface area contributed by atoms with Crippen LogP contribution >= 0.6 is 35.3 Å². The highest BCUT2D eigenvalue weighted by Gasteiger charge is 2.14. The lowest BCUT2D eigenvalue weighted by Gasteiger charge is -2.11. The van der Waals surface area contributed by atoms with Crippen LogP contribution in [0.4, 0.5) is 0 Å². The van der Waals surface area contributed by atoms with Crippen LogP contribution in [-0.2, 0) is 13.0 Å². The SMILES string of the molecule is CCc1nc(CN=C(N)NC2CCCC2)cs1.I. The first-order valence-corrected chi connectivity index (χ1v) is 7.15. The van der Waals surface area contributed by atoms with E-state index >= 15 is 0 Å². The third-order valence-corrected chi connectivity index (χ3v) is 4.06. The molecule has 1 heterocycles. The molecular formula is C12H21IN4S. The van der Waals surface area contributed by atoms with Gasteiger partial charge in [0, 0.05) is 11.4 Å². The Bertz CT molecular complexity index is 385. The summed E-state index contributed by atoms with van der Waals surface area (Å²) in [6.45, 7) is 2.70. The number of nitrogens with zero attached hydrogens (tertiary/aromatic N) is 2. The molecule has 0 spiro atoms. The van der Waals surface area contributed by atoms with E-state index in [1.807, 2.05) is 0 Å². The van der Waals surface area contributed by atoms with Gasteiger partial charge in [-0.1, -0.05) is 19.8 Å². The summed E-state index contributed by atoms with van der Waals surface area (Å²) in [4.78, 5) is 8.79. The molecule has 0 amide bonds. The van der Waals surface area contributed by atoms with Crippen molar-refractivity contribution in [3.8, 4) is 0 Å². The van der Waals surface area contributed by atoms with Crippen LogP contribution < -0.4 is 11.1 Å². The summed E-state index contributed by atoms with van der Waals surface area (Å²) in [6.07, 6.45) is 6.03. The van der Waals surface area contributed by atoms with Gasteiger partial charge in [0.15, 0.2) is 5.96 Å². The van der Waals surface area contributed by atoms with Gasteiger partial charge in [0.2, 0.25) is 0 Å². The van der Waals surface area contributed by atoms with E-state index in [1.165, 1.54) is 25.7 Å². The van der Waals surface area contributed by atoms with Crippen LogP contribution in [0.3, 0.4) is 0 Å². The Labute approximate surface area is 129 Å². The van der Waals surface area contributed by atoms with Gasteiger partial charge in [0.25, 0.3) is 0 Å². The standard InChI is InChI=1S/C12H20N4S.HI/c1-2-11-15-10(8-17-11)7-14-12(13)16-9-5-3-4-6-9;/h8-9H,2-7H2,1H3,(H3,13,14,16);1H. The number of rotatable bonds is 4. The minimum atomic E-state index is 0. The lowest BCUT2D eigenvalue weighted by atomic mass is 10.2. The molecule has 102 valence electrons. The summed E-state index contributed by atoms with van der Waals surface area (Å²) >= 11 is 1.69. The largest absolute Gasteiger partial charge is 0.370 e. The second-order valence-corrected chi connectivity index (χ2v) is 5.36. The highest BCUT2D eigenvalue weighted by Crippen LogP contribution is 2.17. The number of aryl methyl sites for hydroxylation is 1. The summed E-state index contributed by atoms with van der Waals surface area (Å²) in [5.74, 6) is 0.558. The second kappa shape index (κ2) is 7.93. The van der Waals surface area contributed by atoms with Gasteiger partial charge >= 0.3 is 0 Å². The fourth-order valence-corrected chi connectivity index (χ4v) is 2.81. The number of aliphatic imine (C=N–C) groups is 1. The number of hydrogen-bond donors (Lipinski definition) is 2. The zero-order chi connectivity index (χ0) is 12.1. The summed E-state index contributed by atoms with van der Waals surface area (Å²) < 4.78 is 0. The van der Waals surface area contributed by atoms with Crippen molar-refractivity contribution in [2.24, 2.45) is 10.7 Å². The van der Waals surface area contributed by atoms with Crippen molar-refractivity contribution < 1.29 is 0 Å². The number of aromatic nitrogens is 1. The Kier molecular flexibility index (Phi) is 6.91. The normalized spacial score (nSPS) is 16.6. The number of guanidine groups is 1. The first-order valence-electron chi connectivity index (χ1n) is 6.27. The number of nitrogens with one attached hydrogen (secondary N) is 1. The van der Waals surface area contributed by atoms with Gasteiger partial charge in [0.05, 0.1) is 17.2 Å². The smallest absolute Gasteiger partial charge is 0.189 e. The van der Waals surface area contributed by atoms with E-state index in [1.54, 1.807) is 11.3 Å². The molecule has 0 bridgehead atoms. The van der Waals surface area contributed by atoms with E-state index in [0.717, 1.165) is 17.1 Å². The molecule has 18 heavy (non-hydrogen) atoms. The second-order valence-electron chi connectivity index (χ2n) is 4.41. The maximum absolute atomic E-state index is 5.86. The first-order chi connectivity index (χ1) is 8.28. The summed E-state index contributed by atoms with van der Waals surface area (Å²) in [7, 11) is 0. The molecule has 1 aliphatic rings. The zero-order valence-corrected chi connectivity index (χ0v) is 13.8. The quantitative estimate of drug-likeness (QED) is 0.480. The van der Waals surface area contributed by atoms with Gasteiger partial charge in [-0.3, -0.25) is 0 Å². The Morgan fingerprint density at radius 3 is 2.89 bits per heavy atom. The van der Waals surface area contributed by atoms with E-state index in [2.05, 4.69) is 27.6 Å². The van der Waals surface area contributed by atoms with Crippen LogP contribution in [0.2, 0.25) is 0 Å². The van der Waals surface area contributed by atoms with Crippen molar-refractivity contribution in [2.45, 2.75) is 51.6 Å². The molecule has 1 aromatic rings. The summed E-state index contributed by atoms with van der Waals surface area (Å²) in [6, 6.07) is 0.528. The minimum Gasteiger partial charge on any atom is -0.370 e. The minimum absolute atomic E-state index is 0. The van der Waals surface area contributed by atoms with Crippen molar-refractivity contribution >= 4 is 41.3 Å². The molecule has 0 aromatic carbocycles. The van der Waals surface area contributed by atoms with Crippen LogP contribution in [0.25, 0.3) is 0 Å². The maximum atomic E-state index is 5.86. The van der Waals surface area contributed by atoms with E-state index < -0.39 is 0 Å². The molecule has 2 rings (SSSR count). The number of hydrogen-bond acceptors (Lipinski definition) is 3. The predicted molar refractivity (Wildman–Crippen MR) is 87.6 cm³/mol. The molecule has 4 nitrogen and oxygen atoms in total. The van der Waals surface area contributed by atoms with E-state index in [4.69, 9.17) is 5.73 Å². The Morgan fingerprint density at radius 1 is 1.56 bits per heavy atom. The maximum Gasteiger partial charge on any atom is 0.189 e. The van der Waals surface area contributed by atoms with Crippen molar-refractivity contribution in [2.75, 3.05) is 0 Å². The molecule has 0 atom stereocenters. The van der Waals surface area contributed by atoms with Gasteiger partial charge in [-0.15, -0.1) is 35.3 Å². The predicted octanol–water partition coefficient (Wildman–Crippen LogP) is 2.67. The molecule has 0 aliphatic heterocycles. The molecule has 6 heteroatoms. The van der Waals surface area contributed by atoms with Crippen molar-refractivity contribution in [1.82, 2.24) is 10.3 Å². The van der Waals surface area contributed by atoms with Gasteiger partial charge in [-0.25, -0.2) is 9.98 Å². The molecule has 1 aromatic heterocycles. The molecule has 1 aliphatic carbocycles. The van der Waals surface area contributed by atoms with Crippen LogP contribution in [0.5, 0.6) is 0 Å².